The lowest BCUT2D eigenvalue weighted by Gasteiger charge is -2.22. The Balaban J connectivity index is 2.50. The monoisotopic (exact) mass is 237 g/mol. The molecule has 1 rings (SSSR count). The summed E-state index contributed by atoms with van der Waals surface area (Å²) in [6, 6.07) is -0.609. The highest BCUT2D eigenvalue weighted by Gasteiger charge is 2.30. The van der Waals surface area contributed by atoms with Crippen LogP contribution in [0.3, 0.4) is 0 Å². The predicted molar refractivity (Wildman–Crippen MR) is 64.3 cm³/mol. The van der Waals surface area contributed by atoms with Crippen LogP contribution in [0.1, 0.15) is 40.0 Å². The first kappa shape index (κ1) is 13.6. The Labute approximate surface area is 102 Å². The molecule has 0 heterocycles. The van der Waals surface area contributed by atoms with Gasteiger partial charge in [-0.1, -0.05) is 12.8 Å². The SMILES string of the molecule is C#CC(=O)C(CC1CC1)NC(=O)OC(C)(C)C. The molecule has 1 fully saturated rings. The number of ketones is 1. The predicted octanol–water partition coefficient (Wildman–Crippen LogP) is 1.88. The molecule has 4 nitrogen and oxygen atoms in total. The van der Waals surface area contributed by atoms with Crippen LogP contribution < -0.4 is 5.32 Å². The van der Waals surface area contributed by atoms with Crippen molar-refractivity contribution in [1.29, 1.82) is 0 Å². The number of alkyl carbamates (subject to hydrolysis) is 1. The quantitative estimate of drug-likeness (QED) is 0.600. The molecular weight excluding hydrogens is 218 g/mol. The third-order valence-electron chi connectivity index (χ3n) is 2.42. The van der Waals surface area contributed by atoms with Crippen molar-refractivity contribution in [2.75, 3.05) is 0 Å². The molecule has 17 heavy (non-hydrogen) atoms. The Hall–Kier alpha value is -1.50. The summed E-state index contributed by atoms with van der Waals surface area (Å²) in [5.74, 6) is 2.18. The van der Waals surface area contributed by atoms with Crippen LogP contribution in [0.15, 0.2) is 0 Å². The van der Waals surface area contributed by atoms with Gasteiger partial charge in [0.1, 0.15) is 11.6 Å². The molecule has 0 radical (unpaired) electrons. The summed E-state index contributed by atoms with van der Waals surface area (Å²) in [7, 11) is 0. The number of carbonyl (C=O) groups excluding carboxylic acids is 2. The van der Waals surface area contributed by atoms with Gasteiger partial charge in [-0.25, -0.2) is 4.79 Å². The smallest absolute Gasteiger partial charge is 0.408 e. The number of hydrogen-bond donors (Lipinski definition) is 1. The van der Waals surface area contributed by atoms with Gasteiger partial charge in [-0.05, 0) is 39.0 Å². The van der Waals surface area contributed by atoms with Gasteiger partial charge >= 0.3 is 6.09 Å². The first-order chi connectivity index (χ1) is 7.81. The fraction of sp³-hybridized carbons (Fsp3) is 0.692. The van der Waals surface area contributed by atoms with Crippen LogP contribution in [0.2, 0.25) is 0 Å². The molecular formula is C13H19NO3. The highest BCUT2D eigenvalue weighted by Crippen LogP contribution is 2.33. The van der Waals surface area contributed by atoms with Crippen LogP contribution in [0.25, 0.3) is 0 Å². The zero-order valence-electron chi connectivity index (χ0n) is 10.6. The molecule has 1 unspecified atom stereocenters. The first-order valence-electron chi connectivity index (χ1n) is 5.82. The third kappa shape index (κ3) is 5.39. The summed E-state index contributed by atoms with van der Waals surface area (Å²) in [6.45, 7) is 5.31. The van der Waals surface area contributed by atoms with Crippen molar-refractivity contribution in [3.8, 4) is 12.3 Å². The van der Waals surface area contributed by atoms with Crippen LogP contribution in [-0.2, 0) is 9.53 Å². The highest BCUT2D eigenvalue weighted by molar-refractivity contribution is 6.00. The number of amides is 1. The second-order valence-electron chi connectivity index (χ2n) is 5.39. The summed E-state index contributed by atoms with van der Waals surface area (Å²) >= 11 is 0. The normalized spacial score (nSPS) is 16.8. The van der Waals surface area contributed by atoms with Crippen molar-refractivity contribution in [1.82, 2.24) is 5.32 Å². The van der Waals surface area contributed by atoms with Gasteiger partial charge in [0.2, 0.25) is 5.78 Å². The molecule has 1 aliphatic rings. The van der Waals surface area contributed by atoms with Crippen LogP contribution in [0.4, 0.5) is 4.79 Å². The number of ether oxygens (including phenoxy) is 1. The molecule has 1 saturated carbocycles. The van der Waals surface area contributed by atoms with Crippen molar-refractivity contribution < 1.29 is 14.3 Å². The minimum Gasteiger partial charge on any atom is -0.444 e. The van der Waals surface area contributed by atoms with Crippen molar-refractivity contribution in [2.24, 2.45) is 5.92 Å². The largest absolute Gasteiger partial charge is 0.444 e. The van der Waals surface area contributed by atoms with Gasteiger partial charge in [-0.3, -0.25) is 4.79 Å². The maximum atomic E-state index is 11.5. The second-order valence-corrected chi connectivity index (χ2v) is 5.39. The summed E-state index contributed by atoms with van der Waals surface area (Å²) in [5.41, 5.74) is -0.576. The lowest BCUT2D eigenvalue weighted by molar-refractivity contribution is -0.116. The molecule has 0 aromatic heterocycles. The number of Topliss-reactive ketones (excluding diaryl/α,β-unsaturated/α-hetero) is 1. The van der Waals surface area contributed by atoms with E-state index in [-0.39, 0.29) is 5.78 Å². The van der Waals surface area contributed by atoms with Crippen molar-refractivity contribution in [3.05, 3.63) is 0 Å². The zero-order chi connectivity index (χ0) is 13.1. The average Bonchev–Trinajstić information content (AvgIpc) is 2.96. The van der Waals surface area contributed by atoms with E-state index >= 15 is 0 Å². The van der Waals surface area contributed by atoms with E-state index in [4.69, 9.17) is 11.2 Å². The van der Waals surface area contributed by atoms with Crippen LogP contribution in [0, 0.1) is 18.3 Å². The van der Waals surface area contributed by atoms with Gasteiger partial charge in [-0.2, -0.15) is 0 Å². The van der Waals surface area contributed by atoms with Gasteiger partial charge in [0, 0.05) is 0 Å². The fourth-order valence-electron chi connectivity index (χ4n) is 1.47. The summed E-state index contributed by atoms with van der Waals surface area (Å²) < 4.78 is 5.09. The topological polar surface area (TPSA) is 55.4 Å². The van der Waals surface area contributed by atoms with Crippen LogP contribution >= 0.6 is 0 Å². The molecule has 94 valence electrons. The molecule has 0 spiro atoms. The summed E-state index contributed by atoms with van der Waals surface area (Å²) in [6.07, 6.45) is 7.31. The Morgan fingerprint density at radius 3 is 2.47 bits per heavy atom. The zero-order valence-corrected chi connectivity index (χ0v) is 10.6. The molecule has 0 aromatic rings. The number of terminal acetylenes is 1. The molecule has 0 aromatic carbocycles. The maximum absolute atomic E-state index is 11.5. The number of rotatable bonds is 4. The Morgan fingerprint density at radius 1 is 1.47 bits per heavy atom. The third-order valence-corrected chi connectivity index (χ3v) is 2.42. The Morgan fingerprint density at radius 2 is 2.06 bits per heavy atom. The van der Waals surface area contributed by atoms with Gasteiger partial charge < -0.3 is 10.1 Å². The van der Waals surface area contributed by atoms with Crippen molar-refractivity contribution in [2.45, 2.75) is 51.7 Å². The van der Waals surface area contributed by atoms with Gasteiger partial charge in [0.05, 0.1) is 0 Å². The molecule has 1 amide bonds. The molecule has 0 saturated heterocycles. The van der Waals surface area contributed by atoms with E-state index in [0.717, 1.165) is 12.8 Å². The lowest BCUT2D eigenvalue weighted by atomic mass is 10.1. The minimum absolute atomic E-state index is 0.386. The Bertz CT molecular complexity index is 345. The first-order valence-corrected chi connectivity index (χ1v) is 5.82. The van der Waals surface area contributed by atoms with E-state index in [1.807, 2.05) is 0 Å². The highest BCUT2D eigenvalue weighted by atomic mass is 16.6. The number of carbonyl (C=O) groups is 2. The van der Waals surface area contributed by atoms with Crippen LogP contribution in [0.5, 0.6) is 0 Å². The van der Waals surface area contributed by atoms with Gasteiger partial charge in [-0.15, -0.1) is 6.42 Å². The maximum Gasteiger partial charge on any atom is 0.408 e. The standard InChI is InChI=1S/C13H19NO3/c1-5-11(15)10(8-9-6-7-9)14-12(16)17-13(2,3)4/h1,9-10H,6-8H2,2-4H3,(H,14,16). The van der Waals surface area contributed by atoms with E-state index in [0.29, 0.717) is 12.3 Å². The van der Waals surface area contributed by atoms with E-state index in [9.17, 15) is 9.59 Å². The minimum atomic E-state index is -0.609. The number of nitrogens with one attached hydrogen (secondary N) is 1. The van der Waals surface area contributed by atoms with E-state index in [1.165, 1.54) is 0 Å². The second kappa shape index (κ2) is 5.22. The molecule has 1 atom stereocenters. The average molecular weight is 237 g/mol. The van der Waals surface area contributed by atoms with E-state index in [2.05, 4.69) is 11.2 Å². The van der Waals surface area contributed by atoms with Gasteiger partial charge in [0.15, 0.2) is 0 Å². The van der Waals surface area contributed by atoms with Gasteiger partial charge in [0.25, 0.3) is 0 Å². The van der Waals surface area contributed by atoms with Crippen LogP contribution in [-0.4, -0.2) is 23.5 Å². The summed E-state index contributed by atoms with van der Waals surface area (Å²) in [5, 5.41) is 2.54. The van der Waals surface area contributed by atoms with Crippen molar-refractivity contribution >= 4 is 11.9 Å². The fourth-order valence-corrected chi connectivity index (χ4v) is 1.47. The van der Waals surface area contributed by atoms with Crippen molar-refractivity contribution in [3.63, 3.8) is 0 Å². The molecule has 1 aliphatic carbocycles. The molecule has 0 aliphatic heterocycles. The Kier molecular flexibility index (Phi) is 4.17. The van der Waals surface area contributed by atoms with E-state index < -0.39 is 17.7 Å². The number of hydrogen-bond acceptors (Lipinski definition) is 3. The lowest BCUT2D eigenvalue weighted by Crippen LogP contribution is -2.43. The molecule has 1 N–H and O–H groups in total. The molecule has 0 bridgehead atoms. The van der Waals surface area contributed by atoms with E-state index in [1.54, 1.807) is 20.8 Å². The molecule has 4 heteroatoms. The summed E-state index contributed by atoms with van der Waals surface area (Å²) in [4.78, 5) is 23.0.